The van der Waals surface area contributed by atoms with Gasteiger partial charge in [0.15, 0.2) is 0 Å². The summed E-state index contributed by atoms with van der Waals surface area (Å²) in [4.78, 5) is 9.95. The molecule has 0 aliphatic heterocycles. The van der Waals surface area contributed by atoms with Crippen LogP contribution in [0.1, 0.15) is 20.8 Å². The monoisotopic (exact) mass is 256 g/mol. The van der Waals surface area contributed by atoms with E-state index in [9.17, 15) is 15.2 Å². The van der Waals surface area contributed by atoms with Gasteiger partial charge in [0.05, 0.1) is 17.6 Å². The second-order valence-corrected chi connectivity index (χ2v) is 5.52. The zero-order valence-corrected chi connectivity index (χ0v) is 11.0. The lowest BCUT2D eigenvalue weighted by atomic mass is 9.97. The van der Waals surface area contributed by atoms with Crippen molar-refractivity contribution in [3.63, 3.8) is 0 Å². The van der Waals surface area contributed by atoms with Gasteiger partial charge in [0.25, 0.3) is 0 Å². The van der Waals surface area contributed by atoms with Gasteiger partial charge in [-0.3, -0.25) is 14.8 Å². The van der Waals surface area contributed by atoms with E-state index in [1.807, 2.05) is 0 Å². The van der Waals surface area contributed by atoms with Crippen molar-refractivity contribution >= 4 is 5.69 Å². The van der Waals surface area contributed by atoms with Gasteiger partial charge in [0.1, 0.15) is 12.4 Å². The topological polar surface area (TPSA) is 93.2 Å². The molecule has 0 bridgehead atoms. The quantitative estimate of drug-likeness (QED) is 0.579. The molecular formula is C11H20N4O3. The molecule has 0 aliphatic rings. The average molecular weight is 256 g/mol. The van der Waals surface area contributed by atoms with Gasteiger partial charge in [0, 0.05) is 13.1 Å². The van der Waals surface area contributed by atoms with E-state index in [1.54, 1.807) is 0 Å². The molecule has 7 nitrogen and oxygen atoms in total. The maximum atomic E-state index is 10.5. The first-order valence-electron chi connectivity index (χ1n) is 5.83. The van der Waals surface area contributed by atoms with Crippen molar-refractivity contribution in [2.75, 3.05) is 13.1 Å². The van der Waals surface area contributed by atoms with E-state index in [2.05, 4.69) is 31.2 Å². The summed E-state index contributed by atoms with van der Waals surface area (Å²) < 4.78 is 1.38. The summed E-state index contributed by atoms with van der Waals surface area (Å²) in [5.41, 5.74) is 0.0920. The van der Waals surface area contributed by atoms with E-state index in [4.69, 9.17) is 0 Å². The van der Waals surface area contributed by atoms with Crippen molar-refractivity contribution in [2.24, 2.45) is 5.41 Å². The van der Waals surface area contributed by atoms with Crippen molar-refractivity contribution in [3.8, 4) is 0 Å². The van der Waals surface area contributed by atoms with Gasteiger partial charge in [-0.25, -0.2) is 0 Å². The van der Waals surface area contributed by atoms with Crippen LogP contribution in [0.15, 0.2) is 12.4 Å². The molecule has 1 unspecified atom stereocenters. The van der Waals surface area contributed by atoms with Crippen molar-refractivity contribution < 1.29 is 10.0 Å². The molecular weight excluding hydrogens is 236 g/mol. The first kappa shape index (κ1) is 14.6. The van der Waals surface area contributed by atoms with Crippen LogP contribution in [-0.4, -0.2) is 39.0 Å². The van der Waals surface area contributed by atoms with Crippen molar-refractivity contribution in [1.29, 1.82) is 0 Å². The SMILES string of the molecule is CC(C)(C)CNCC(O)Cn1cc([N+](=O)[O-])cn1. The molecule has 102 valence electrons. The molecule has 1 rings (SSSR count). The first-order chi connectivity index (χ1) is 8.28. The predicted molar refractivity (Wildman–Crippen MR) is 67.2 cm³/mol. The smallest absolute Gasteiger partial charge is 0.306 e. The number of aliphatic hydroxyl groups is 1. The maximum absolute atomic E-state index is 10.5. The highest BCUT2D eigenvalue weighted by Gasteiger charge is 2.13. The van der Waals surface area contributed by atoms with Gasteiger partial charge in [-0.05, 0) is 5.41 Å². The zero-order valence-electron chi connectivity index (χ0n) is 11.0. The minimum absolute atomic E-state index is 0.0650. The second-order valence-electron chi connectivity index (χ2n) is 5.52. The third-order valence-corrected chi connectivity index (χ3v) is 2.26. The van der Waals surface area contributed by atoms with Gasteiger partial charge in [-0.15, -0.1) is 0 Å². The van der Waals surface area contributed by atoms with Crippen LogP contribution in [0.4, 0.5) is 5.69 Å². The maximum Gasteiger partial charge on any atom is 0.306 e. The van der Waals surface area contributed by atoms with Gasteiger partial charge in [-0.2, -0.15) is 5.10 Å². The number of hydrogen-bond donors (Lipinski definition) is 2. The van der Waals surface area contributed by atoms with E-state index < -0.39 is 11.0 Å². The highest BCUT2D eigenvalue weighted by molar-refractivity contribution is 5.20. The number of nitrogens with zero attached hydrogens (tertiary/aromatic N) is 3. The summed E-state index contributed by atoms with van der Waals surface area (Å²) in [6, 6.07) is 0. The van der Waals surface area contributed by atoms with E-state index in [1.165, 1.54) is 17.1 Å². The third kappa shape index (κ3) is 5.24. The Morgan fingerprint density at radius 3 is 2.78 bits per heavy atom. The Morgan fingerprint density at radius 2 is 2.28 bits per heavy atom. The lowest BCUT2D eigenvalue weighted by Crippen LogP contribution is -2.35. The summed E-state index contributed by atoms with van der Waals surface area (Å²) >= 11 is 0. The summed E-state index contributed by atoms with van der Waals surface area (Å²) in [5, 5.41) is 27.2. The predicted octanol–water partition coefficient (Wildman–Crippen LogP) is 0.788. The standard InChI is InChI=1S/C11H20N4O3/c1-11(2,3)8-12-5-10(16)7-14-6-9(4-13-14)15(17)18/h4,6,10,12,16H,5,7-8H2,1-3H3. The highest BCUT2D eigenvalue weighted by Crippen LogP contribution is 2.10. The van der Waals surface area contributed by atoms with Crippen molar-refractivity contribution in [1.82, 2.24) is 15.1 Å². The van der Waals surface area contributed by atoms with Gasteiger partial charge in [0.2, 0.25) is 0 Å². The molecule has 2 N–H and O–H groups in total. The molecule has 1 aromatic rings. The van der Waals surface area contributed by atoms with Crippen LogP contribution in [0, 0.1) is 15.5 Å². The molecule has 1 atom stereocenters. The average Bonchev–Trinajstić information content (AvgIpc) is 2.64. The molecule has 0 amide bonds. The Labute approximate surface area is 106 Å². The molecule has 0 fully saturated rings. The lowest BCUT2D eigenvalue weighted by molar-refractivity contribution is -0.385. The van der Waals surface area contributed by atoms with Crippen LogP contribution in [-0.2, 0) is 6.54 Å². The summed E-state index contributed by atoms with van der Waals surface area (Å²) in [6.45, 7) is 7.77. The molecule has 1 aromatic heterocycles. The third-order valence-electron chi connectivity index (χ3n) is 2.26. The molecule has 18 heavy (non-hydrogen) atoms. The molecule has 0 aliphatic carbocycles. The zero-order chi connectivity index (χ0) is 13.8. The molecule has 0 aromatic carbocycles. The van der Waals surface area contributed by atoms with Crippen LogP contribution in [0.3, 0.4) is 0 Å². The molecule has 1 heterocycles. The normalized spacial score (nSPS) is 13.6. The summed E-state index contributed by atoms with van der Waals surface area (Å²) in [6.07, 6.45) is 1.87. The Hall–Kier alpha value is -1.47. The number of nitro groups is 1. The van der Waals surface area contributed by atoms with Crippen LogP contribution >= 0.6 is 0 Å². The molecule has 0 spiro atoms. The van der Waals surface area contributed by atoms with Gasteiger partial charge >= 0.3 is 5.69 Å². The van der Waals surface area contributed by atoms with E-state index in [-0.39, 0.29) is 17.6 Å². The Morgan fingerprint density at radius 1 is 1.61 bits per heavy atom. The lowest BCUT2D eigenvalue weighted by Gasteiger charge is -2.20. The Kier molecular flexibility index (Phi) is 4.80. The molecule has 0 saturated heterocycles. The molecule has 7 heteroatoms. The van der Waals surface area contributed by atoms with E-state index in [0.29, 0.717) is 6.54 Å². The summed E-state index contributed by atoms with van der Waals surface area (Å²) in [7, 11) is 0. The van der Waals surface area contributed by atoms with Gasteiger partial charge < -0.3 is 10.4 Å². The number of hydrogen-bond acceptors (Lipinski definition) is 5. The van der Waals surface area contributed by atoms with Crippen LogP contribution in [0.5, 0.6) is 0 Å². The fraction of sp³-hybridized carbons (Fsp3) is 0.727. The minimum Gasteiger partial charge on any atom is -0.390 e. The molecule has 0 radical (unpaired) electrons. The Bertz CT molecular complexity index is 397. The fourth-order valence-corrected chi connectivity index (χ4v) is 1.44. The molecule has 0 saturated carbocycles. The number of aliphatic hydroxyl groups excluding tert-OH is 1. The largest absolute Gasteiger partial charge is 0.390 e. The highest BCUT2D eigenvalue weighted by atomic mass is 16.6. The number of rotatable bonds is 6. The van der Waals surface area contributed by atoms with Crippen molar-refractivity contribution in [2.45, 2.75) is 33.4 Å². The second kappa shape index (κ2) is 5.92. The van der Waals surface area contributed by atoms with Crippen LogP contribution < -0.4 is 5.32 Å². The number of nitrogens with one attached hydrogen (secondary N) is 1. The Balaban J connectivity index is 2.35. The number of aromatic nitrogens is 2. The van der Waals surface area contributed by atoms with Crippen LogP contribution in [0.2, 0.25) is 0 Å². The van der Waals surface area contributed by atoms with E-state index >= 15 is 0 Å². The minimum atomic E-state index is -0.619. The van der Waals surface area contributed by atoms with Crippen molar-refractivity contribution in [3.05, 3.63) is 22.5 Å². The van der Waals surface area contributed by atoms with Crippen LogP contribution in [0.25, 0.3) is 0 Å². The van der Waals surface area contributed by atoms with E-state index in [0.717, 1.165) is 6.54 Å². The van der Waals surface area contributed by atoms with Gasteiger partial charge in [-0.1, -0.05) is 20.8 Å². The fourth-order valence-electron chi connectivity index (χ4n) is 1.44. The first-order valence-corrected chi connectivity index (χ1v) is 5.83. The summed E-state index contributed by atoms with van der Waals surface area (Å²) in [5.74, 6) is 0.